The van der Waals surface area contributed by atoms with Gasteiger partial charge in [-0.2, -0.15) is 0 Å². The summed E-state index contributed by atoms with van der Waals surface area (Å²) >= 11 is 6.13. The summed E-state index contributed by atoms with van der Waals surface area (Å²) < 4.78 is 5.82. The largest absolute Gasteiger partial charge is 0.485 e. The van der Waals surface area contributed by atoms with Gasteiger partial charge in [-0.15, -0.1) is 0 Å². The third kappa shape index (κ3) is 3.24. The van der Waals surface area contributed by atoms with Crippen LogP contribution in [-0.4, -0.2) is 11.2 Å². The fraction of sp³-hybridized carbons (Fsp3) is 0.429. The minimum atomic E-state index is -0.504. The molecule has 0 fully saturated rings. The van der Waals surface area contributed by atoms with Gasteiger partial charge >= 0.3 is 0 Å². The third-order valence-electron chi connectivity index (χ3n) is 2.93. The number of halogens is 1. The van der Waals surface area contributed by atoms with Gasteiger partial charge in [-0.1, -0.05) is 23.7 Å². The standard InChI is InChI=1S/C14H17ClO2/c1-10(16)11-7-8-14(13(15)9-11)17-12-5-3-2-4-6-12/h3,5,7-10,12,16H,2,4,6H2,1H3. The highest BCUT2D eigenvalue weighted by atomic mass is 35.5. The van der Waals surface area contributed by atoms with E-state index in [-0.39, 0.29) is 6.10 Å². The second kappa shape index (κ2) is 5.56. The lowest BCUT2D eigenvalue weighted by molar-refractivity contribution is 0.198. The van der Waals surface area contributed by atoms with Crippen molar-refractivity contribution in [1.29, 1.82) is 0 Å². The van der Waals surface area contributed by atoms with E-state index in [2.05, 4.69) is 12.2 Å². The van der Waals surface area contributed by atoms with Crippen LogP contribution in [0.5, 0.6) is 5.75 Å². The van der Waals surface area contributed by atoms with Crippen molar-refractivity contribution in [2.24, 2.45) is 0 Å². The molecular weight excluding hydrogens is 236 g/mol. The lowest BCUT2D eigenvalue weighted by atomic mass is 10.1. The molecule has 0 aromatic heterocycles. The zero-order chi connectivity index (χ0) is 12.3. The molecule has 0 bridgehead atoms. The summed E-state index contributed by atoms with van der Waals surface area (Å²) in [4.78, 5) is 0. The van der Waals surface area contributed by atoms with Crippen molar-refractivity contribution in [2.45, 2.75) is 38.4 Å². The fourth-order valence-corrected chi connectivity index (χ4v) is 2.15. The first-order valence-electron chi connectivity index (χ1n) is 5.97. The Morgan fingerprint density at radius 2 is 2.29 bits per heavy atom. The SMILES string of the molecule is CC(O)c1ccc(OC2C=CCCC2)c(Cl)c1. The van der Waals surface area contributed by atoms with Crippen LogP contribution < -0.4 is 4.74 Å². The zero-order valence-electron chi connectivity index (χ0n) is 9.90. The second-order valence-electron chi connectivity index (χ2n) is 4.38. The van der Waals surface area contributed by atoms with Crippen molar-refractivity contribution < 1.29 is 9.84 Å². The van der Waals surface area contributed by atoms with E-state index in [1.165, 1.54) is 0 Å². The summed E-state index contributed by atoms with van der Waals surface area (Å²) in [6, 6.07) is 5.43. The van der Waals surface area contributed by atoms with Gasteiger partial charge in [0.2, 0.25) is 0 Å². The normalized spacial score (nSPS) is 21.2. The Morgan fingerprint density at radius 1 is 1.47 bits per heavy atom. The van der Waals surface area contributed by atoms with Crippen LogP contribution in [0.15, 0.2) is 30.4 Å². The molecular formula is C14H17ClO2. The molecule has 1 aliphatic rings. The van der Waals surface area contributed by atoms with E-state index in [1.807, 2.05) is 12.1 Å². The number of benzene rings is 1. The molecule has 17 heavy (non-hydrogen) atoms. The maximum Gasteiger partial charge on any atom is 0.138 e. The van der Waals surface area contributed by atoms with E-state index in [9.17, 15) is 5.11 Å². The summed E-state index contributed by atoms with van der Waals surface area (Å²) in [5, 5.41) is 10.0. The van der Waals surface area contributed by atoms with E-state index in [0.29, 0.717) is 10.8 Å². The van der Waals surface area contributed by atoms with Crippen LogP contribution in [0.4, 0.5) is 0 Å². The Bertz CT molecular complexity index is 413. The van der Waals surface area contributed by atoms with Crippen molar-refractivity contribution >= 4 is 11.6 Å². The van der Waals surface area contributed by atoms with Gasteiger partial charge in [0, 0.05) is 0 Å². The first-order valence-corrected chi connectivity index (χ1v) is 6.35. The molecule has 2 atom stereocenters. The van der Waals surface area contributed by atoms with Gasteiger partial charge in [-0.05, 0) is 50.0 Å². The summed E-state index contributed by atoms with van der Waals surface area (Å²) in [5.74, 6) is 0.688. The van der Waals surface area contributed by atoms with E-state index in [1.54, 1.807) is 13.0 Å². The first kappa shape index (κ1) is 12.5. The van der Waals surface area contributed by atoms with Gasteiger partial charge < -0.3 is 9.84 Å². The Labute approximate surface area is 107 Å². The van der Waals surface area contributed by atoms with Crippen molar-refractivity contribution in [3.05, 3.63) is 40.9 Å². The summed E-state index contributed by atoms with van der Waals surface area (Å²) in [5.41, 5.74) is 0.807. The molecule has 0 radical (unpaired) electrons. The number of allylic oxidation sites excluding steroid dienone is 1. The van der Waals surface area contributed by atoms with Crippen LogP contribution >= 0.6 is 11.6 Å². The monoisotopic (exact) mass is 252 g/mol. The van der Waals surface area contributed by atoms with Gasteiger partial charge in [0.15, 0.2) is 0 Å². The lowest BCUT2D eigenvalue weighted by Gasteiger charge is -2.19. The predicted octanol–water partition coefficient (Wildman–Crippen LogP) is 3.88. The number of aliphatic hydroxyl groups is 1. The van der Waals surface area contributed by atoms with Crippen LogP contribution in [0, 0.1) is 0 Å². The fourth-order valence-electron chi connectivity index (χ4n) is 1.91. The van der Waals surface area contributed by atoms with Gasteiger partial charge in [-0.25, -0.2) is 0 Å². The number of ether oxygens (including phenoxy) is 1. The molecule has 0 spiro atoms. The van der Waals surface area contributed by atoms with Crippen LogP contribution in [0.1, 0.15) is 37.9 Å². The van der Waals surface area contributed by atoms with Gasteiger partial charge in [0.05, 0.1) is 11.1 Å². The van der Waals surface area contributed by atoms with E-state index >= 15 is 0 Å². The van der Waals surface area contributed by atoms with Gasteiger partial charge in [0.25, 0.3) is 0 Å². The van der Waals surface area contributed by atoms with Gasteiger partial charge in [-0.3, -0.25) is 0 Å². The molecule has 1 N–H and O–H groups in total. The number of hydrogen-bond acceptors (Lipinski definition) is 2. The Morgan fingerprint density at radius 3 is 2.88 bits per heavy atom. The minimum Gasteiger partial charge on any atom is -0.485 e. The number of rotatable bonds is 3. The molecule has 2 rings (SSSR count). The predicted molar refractivity (Wildman–Crippen MR) is 69.5 cm³/mol. The molecule has 2 unspecified atom stereocenters. The zero-order valence-corrected chi connectivity index (χ0v) is 10.7. The molecule has 0 aliphatic heterocycles. The van der Waals surface area contributed by atoms with Crippen molar-refractivity contribution in [3.63, 3.8) is 0 Å². The van der Waals surface area contributed by atoms with E-state index < -0.39 is 6.10 Å². The third-order valence-corrected chi connectivity index (χ3v) is 3.22. The molecule has 0 heterocycles. The van der Waals surface area contributed by atoms with Crippen LogP contribution in [0.3, 0.4) is 0 Å². The molecule has 0 saturated carbocycles. The highest BCUT2D eigenvalue weighted by molar-refractivity contribution is 6.32. The number of hydrogen-bond donors (Lipinski definition) is 1. The van der Waals surface area contributed by atoms with Gasteiger partial charge in [0.1, 0.15) is 11.9 Å². The van der Waals surface area contributed by atoms with E-state index in [0.717, 1.165) is 24.8 Å². The summed E-state index contributed by atoms with van der Waals surface area (Å²) in [7, 11) is 0. The van der Waals surface area contributed by atoms with Crippen molar-refractivity contribution in [2.75, 3.05) is 0 Å². The Balaban J connectivity index is 2.10. The smallest absolute Gasteiger partial charge is 0.138 e. The molecule has 0 amide bonds. The maximum absolute atomic E-state index is 9.45. The minimum absolute atomic E-state index is 0.124. The van der Waals surface area contributed by atoms with Crippen molar-refractivity contribution in [1.82, 2.24) is 0 Å². The Kier molecular flexibility index (Phi) is 4.08. The lowest BCUT2D eigenvalue weighted by Crippen LogP contribution is -2.15. The Hall–Kier alpha value is -0.990. The molecule has 92 valence electrons. The molecule has 0 saturated heterocycles. The molecule has 3 heteroatoms. The van der Waals surface area contributed by atoms with Crippen molar-refractivity contribution in [3.8, 4) is 5.75 Å². The summed E-state index contributed by atoms with van der Waals surface area (Å²) in [6.07, 6.45) is 7.17. The molecule has 1 aromatic rings. The van der Waals surface area contributed by atoms with E-state index in [4.69, 9.17) is 16.3 Å². The average Bonchev–Trinajstić information content (AvgIpc) is 2.33. The average molecular weight is 253 g/mol. The van der Waals surface area contributed by atoms with Crippen LogP contribution in [0.2, 0.25) is 5.02 Å². The number of aliphatic hydroxyl groups excluding tert-OH is 1. The molecule has 1 aromatic carbocycles. The van der Waals surface area contributed by atoms with Crippen LogP contribution in [0.25, 0.3) is 0 Å². The maximum atomic E-state index is 9.45. The molecule has 1 aliphatic carbocycles. The first-order chi connectivity index (χ1) is 8.16. The van der Waals surface area contributed by atoms with Crippen LogP contribution in [-0.2, 0) is 0 Å². The summed E-state index contributed by atoms with van der Waals surface area (Å²) in [6.45, 7) is 1.72. The quantitative estimate of drug-likeness (QED) is 0.828. The molecule has 2 nitrogen and oxygen atoms in total. The topological polar surface area (TPSA) is 29.5 Å². The second-order valence-corrected chi connectivity index (χ2v) is 4.79. The highest BCUT2D eigenvalue weighted by Gasteiger charge is 2.13. The highest BCUT2D eigenvalue weighted by Crippen LogP contribution is 2.30.